The van der Waals surface area contributed by atoms with Crippen molar-refractivity contribution in [2.24, 2.45) is 0 Å². The number of halogens is 1. The van der Waals surface area contributed by atoms with Crippen LogP contribution < -0.4 is 0 Å². The molecule has 1 aromatic carbocycles. The lowest BCUT2D eigenvalue weighted by Crippen LogP contribution is -2.00. The highest BCUT2D eigenvalue weighted by atomic mass is 79.9. The molecule has 3 nitrogen and oxygen atoms in total. The summed E-state index contributed by atoms with van der Waals surface area (Å²) in [6.07, 6.45) is 5.28. The molecule has 0 spiro atoms. The number of para-hydroxylation sites is 1. The van der Waals surface area contributed by atoms with Crippen molar-refractivity contribution in [1.82, 2.24) is 4.57 Å². The lowest BCUT2D eigenvalue weighted by Gasteiger charge is -2.00. The number of carbonyl (C=O) groups excluding carboxylic acids is 1. The lowest BCUT2D eigenvalue weighted by molar-refractivity contribution is -0.137. The van der Waals surface area contributed by atoms with E-state index in [0.717, 1.165) is 9.99 Å². The molecule has 2 rings (SSSR count). The number of benzene rings is 1. The van der Waals surface area contributed by atoms with Crippen molar-refractivity contribution in [3.63, 3.8) is 0 Å². The van der Waals surface area contributed by atoms with Gasteiger partial charge in [0.05, 0.1) is 6.61 Å². The molecule has 2 aromatic rings. The van der Waals surface area contributed by atoms with Gasteiger partial charge < -0.3 is 9.30 Å². The van der Waals surface area contributed by atoms with E-state index in [0.29, 0.717) is 13.2 Å². The molecule has 0 saturated heterocycles. The highest BCUT2D eigenvalue weighted by Crippen LogP contribution is 2.25. The third-order valence-electron chi connectivity index (χ3n) is 2.58. The highest BCUT2D eigenvalue weighted by Gasteiger charge is 2.04. The second-order valence-corrected chi connectivity index (χ2v) is 4.66. The van der Waals surface area contributed by atoms with Crippen molar-refractivity contribution < 1.29 is 9.53 Å². The SMILES string of the molecule is CCOC(=O)/C=C/Cn1cc(Br)c2ccccc21. The minimum absolute atomic E-state index is 0.298. The fraction of sp³-hybridized carbons (Fsp3) is 0.214. The van der Waals surface area contributed by atoms with E-state index in [4.69, 9.17) is 4.74 Å². The zero-order valence-electron chi connectivity index (χ0n) is 10.1. The maximum Gasteiger partial charge on any atom is 0.330 e. The van der Waals surface area contributed by atoms with Crippen LogP contribution in [0.25, 0.3) is 10.9 Å². The van der Waals surface area contributed by atoms with Gasteiger partial charge in [-0.3, -0.25) is 0 Å². The van der Waals surface area contributed by atoms with E-state index < -0.39 is 0 Å². The molecule has 0 radical (unpaired) electrons. The predicted octanol–water partition coefficient (Wildman–Crippen LogP) is 3.52. The minimum atomic E-state index is -0.298. The van der Waals surface area contributed by atoms with Gasteiger partial charge in [-0.2, -0.15) is 0 Å². The Bertz CT molecular complexity index is 586. The lowest BCUT2D eigenvalue weighted by atomic mass is 10.2. The Labute approximate surface area is 114 Å². The van der Waals surface area contributed by atoms with Crippen molar-refractivity contribution in [2.45, 2.75) is 13.5 Å². The molecule has 1 aromatic heterocycles. The average molecular weight is 308 g/mol. The summed E-state index contributed by atoms with van der Waals surface area (Å²) in [6.45, 7) is 2.84. The van der Waals surface area contributed by atoms with Crippen LogP contribution in [0.4, 0.5) is 0 Å². The van der Waals surface area contributed by atoms with Gasteiger partial charge in [-0.05, 0) is 28.9 Å². The number of hydrogen-bond donors (Lipinski definition) is 0. The van der Waals surface area contributed by atoms with Gasteiger partial charge in [-0.15, -0.1) is 0 Å². The molecule has 94 valence electrons. The number of hydrogen-bond acceptors (Lipinski definition) is 2. The normalized spacial score (nSPS) is 11.2. The first-order valence-electron chi connectivity index (χ1n) is 5.79. The molecule has 0 aliphatic carbocycles. The topological polar surface area (TPSA) is 31.2 Å². The smallest absolute Gasteiger partial charge is 0.330 e. The molecule has 1 heterocycles. The number of rotatable bonds is 4. The van der Waals surface area contributed by atoms with Crippen LogP contribution >= 0.6 is 15.9 Å². The number of ether oxygens (including phenoxy) is 1. The van der Waals surface area contributed by atoms with Gasteiger partial charge in [0.15, 0.2) is 0 Å². The average Bonchev–Trinajstić information content (AvgIpc) is 2.68. The van der Waals surface area contributed by atoms with Crippen LogP contribution in [0.1, 0.15) is 6.92 Å². The number of aromatic nitrogens is 1. The number of allylic oxidation sites excluding steroid dienone is 1. The van der Waals surface area contributed by atoms with E-state index in [1.54, 1.807) is 13.0 Å². The first-order valence-corrected chi connectivity index (χ1v) is 6.58. The van der Waals surface area contributed by atoms with E-state index in [1.807, 2.05) is 18.3 Å². The van der Waals surface area contributed by atoms with E-state index >= 15 is 0 Å². The summed E-state index contributed by atoms with van der Waals surface area (Å²) < 4.78 is 7.96. The van der Waals surface area contributed by atoms with Gasteiger partial charge in [-0.1, -0.05) is 24.3 Å². The molecular formula is C14H14BrNO2. The van der Waals surface area contributed by atoms with E-state index in [1.165, 1.54) is 11.5 Å². The number of esters is 1. The largest absolute Gasteiger partial charge is 0.463 e. The molecular weight excluding hydrogens is 294 g/mol. The standard InChI is InChI=1S/C14H14BrNO2/c1-2-18-14(17)8-5-9-16-10-12(15)11-6-3-4-7-13(11)16/h3-8,10H,2,9H2,1H3/b8-5+. The van der Waals surface area contributed by atoms with Gasteiger partial charge in [-0.25, -0.2) is 4.79 Å². The van der Waals surface area contributed by atoms with Gasteiger partial charge in [0, 0.05) is 34.2 Å². The molecule has 4 heteroatoms. The first kappa shape index (κ1) is 12.9. The van der Waals surface area contributed by atoms with Crippen LogP contribution in [0.5, 0.6) is 0 Å². The third-order valence-corrected chi connectivity index (χ3v) is 3.21. The van der Waals surface area contributed by atoms with Crippen LogP contribution in [0.15, 0.2) is 47.1 Å². The van der Waals surface area contributed by atoms with Crippen LogP contribution in [-0.2, 0) is 16.1 Å². The Hall–Kier alpha value is -1.55. The zero-order chi connectivity index (χ0) is 13.0. The fourth-order valence-electron chi connectivity index (χ4n) is 1.81. The Balaban J connectivity index is 2.15. The van der Waals surface area contributed by atoms with Crippen molar-refractivity contribution in [1.29, 1.82) is 0 Å². The summed E-state index contributed by atoms with van der Waals surface area (Å²) in [5.41, 5.74) is 1.14. The number of fused-ring (bicyclic) bond motifs is 1. The maximum atomic E-state index is 11.2. The van der Waals surface area contributed by atoms with Crippen LogP contribution in [0.3, 0.4) is 0 Å². The summed E-state index contributed by atoms with van der Waals surface area (Å²) in [5, 5.41) is 1.17. The Morgan fingerprint density at radius 1 is 1.44 bits per heavy atom. The molecule has 0 atom stereocenters. The van der Waals surface area contributed by atoms with Crippen molar-refractivity contribution >= 4 is 32.8 Å². The van der Waals surface area contributed by atoms with Crippen LogP contribution in [-0.4, -0.2) is 17.1 Å². The summed E-state index contributed by atoms with van der Waals surface area (Å²) >= 11 is 3.53. The quantitative estimate of drug-likeness (QED) is 0.639. The van der Waals surface area contributed by atoms with Gasteiger partial charge in [0.1, 0.15) is 0 Å². The number of carbonyl (C=O) groups is 1. The Morgan fingerprint density at radius 3 is 3.00 bits per heavy atom. The first-order chi connectivity index (χ1) is 8.72. The van der Waals surface area contributed by atoms with Crippen molar-refractivity contribution in [2.75, 3.05) is 6.61 Å². The summed E-state index contributed by atoms with van der Waals surface area (Å²) in [4.78, 5) is 11.2. The summed E-state index contributed by atoms with van der Waals surface area (Å²) in [6, 6.07) is 8.12. The molecule has 0 unspecified atom stereocenters. The second-order valence-electron chi connectivity index (χ2n) is 3.80. The van der Waals surface area contributed by atoms with E-state index in [9.17, 15) is 4.79 Å². The summed E-state index contributed by atoms with van der Waals surface area (Å²) in [5.74, 6) is -0.298. The van der Waals surface area contributed by atoms with Crippen molar-refractivity contribution in [3.8, 4) is 0 Å². The predicted molar refractivity (Wildman–Crippen MR) is 75.4 cm³/mol. The molecule has 0 amide bonds. The zero-order valence-corrected chi connectivity index (χ0v) is 11.7. The maximum absolute atomic E-state index is 11.2. The van der Waals surface area contributed by atoms with E-state index in [-0.39, 0.29) is 5.97 Å². The molecule has 0 fully saturated rings. The number of nitrogens with zero attached hydrogens (tertiary/aromatic N) is 1. The third kappa shape index (κ3) is 2.82. The second kappa shape index (κ2) is 5.87. The van der Waals surface area contributed by atoms with Crippen LogP contribution in [0.2, 0.25) is 0 Å². The fourth-order valence-corrected chi connectivity index (χ4v) is 2.39. The van der Waals surface area contributed by atoms with Gasteiger partial charge >= 0.3 is 5.97 Å². The van der Waals surface area contributed by atoms with Gasteiger partial charge in [0.2, 0.25) is 0 Å². The minimum Gasteiger partial charge on any atom is -0.463 e. The summed E-state index contributed by atoms with van der Waals surface area (Å²) in [7, 11) is 0. The molecule has 0 saturated carbocycles. The van der Waals surface area contributed by atoms with E-state index in [2.05, 4.69) is 32.6 Å². The Morgan fingerprint density at radius 2 is 2.22 bits per heavy atom. The van der Waals surface area contributed by atoms with Crippen LogP contribution in [0, 0.1) is 0 Å². The van der Waals surface area contributed by atoms with Crippen molar-refractivity contribution in [3.05, 3.63) is 47.1 Å². The molecule has 0 N–H and O–H groups in total. The highest BCUT2D eigenvalue weighted by molar-refractivity contribution is 9.10. The molecule has 0 bridgehead atoms. The Kier molecular flexibility index (Phi) is 4.20. The molecule has 18 heavy (non-hydrogen) atoms. The molecule has 0 aliphatic heterocycles. The van der Waals surface area contributed by atoms with Gasteiger partial charge in [0.25, 0.3) is 0 Å². The molecule has 0 aliphatic rings. The monoisotopic (exact) mass is 307 g/mol.